The Kier molecular flexibility index (Phi) is 6.56. The molecule has 0 saturated heterocycles. The Balaban J connectivity index is 1.81. The minimum absolute atomic E-state index is 0.0352. The Morgan fingerprint density at radius 3 is 2.63 bits per heavy atom. The Hall–Kier alpha value is -3.13. The van der Waals surface area contributed by atoms with E-state index in [1.54, 1.807) is 17.7 Å². The van der Waals surface area contributed by atoms with Gasteiger partial charge in [0, 0.05) is 10.6 Å². The van der Waals surface area contributed by atoms with Crippen LogP contribution in [0.2, 0.25) is 5.02 Å². The summed E-state index contributed by atoms with van der Waals surface area (Å²) in [4.78, 5) is 12.7. The van der Waals surface area contributed by atoms with E-state index in [2.05, 4.69) is 15.2 Å². The van der Waals surface area contributed by atoms with E-state index in [4.69, 9.17) is 16.3 Å². The number of alkyl halides is 2. The van der Waals surface area contributed by atoms with Gasteiger partial charge < -0.3 is 14.8 Å². The first-order valence-electron chi connectivity index (χ1n) is 9.01. The van der Waals surface area contributed by atoms with Crippen molar-refractivity contribution in [3.8, 4) is 11.5 Å². The first kappa shape index (κ1) is 21.6. The average Bonchev–Trinajstić information content (AvgIpc) is 2.95. The Labute approximate surface area is 177 Å². The SMILES string of the molecule is COc1cc(C(=O)Nc2c(C)nn(Cc3cccc(Cl)c3)c2C)ccc1OC(F)F. The van der Waals surface area contributed by atoms with Gasteiger partial charge in [-0.1, -0.05) is 23.7 Å². The van der Waals surface area contributed by atoms with E-state index in [0.717, 1.165) is 11.3 Å². The van der Waals surface area contributed by atoms with Gasteiger partial charge in [-0.2, -0.15) is 13.9 Å². The quantitative estimate of drug-likeness (QED) is 0.563. The van der Waals surface area contributed by atoms with Crippen LogP contribution in [0.1, 0.15) is 27.3 Å². The van der Waals surface area contributed by atoms with E-state index in [-0.39, 0.29) is 17.1 Å². The van der Waals surface area contributed by atoms with Crippen LogP contribution in [0.15, 0.2) is 42.5 Å². The lowest BCUT2D eigenvalue weighted by Crippen LogP contribution is -2.14. The molecule has 1 heterocycles. The van der Waals surface area contributed by atoms with Crippen molar-refractivity contribution in [2.24, 2.45) is 0 Å². The van der Waals surface area contributed by atoms with Gasteiger partial charge in [-0.25, -0.2) is 0 Å². The number of amides is 1. The molecule has 9 heteroatoms. The number of ether oxygens (including phenoxy) is 2. The van der Waals surface area contributed by atoms with E-state index >= 15 is 0 Å². The molecule has 3 aromatic rings. The number of benzene rings is 2. The number of carbonyl (C=O) groups is 1. The summed E-state index contributed by atoms with van der Waals surface area (Å²) in [6.07, 6.45) is 0. The number of anilines is 1. The molecule has 3 rings (SSSR count). The van der Waals surface area contributed by atoms with Crippen LogP contribution in [-0.2, 0) is 6.54 Å². The number of aromatic nitrogens is 2. The van der Waals surface area contributed by atoms with Crippen LogP contribution in [0.5, 0.6) is 11.5 Å². The molecule has 0 fully saturated rings. The van der Waals surface area contributed by atoms with Gasteiger partial charge in [0.05, 0.1) is 30.7 Å². The van der Waals surface area contributed by atoms with E-state index in [0.29, 0.717) is 22.9 Å². The zero-order chi connectivity index (χ0) is 21.8. The standard InChI is InChI=1S/C21H20ClF2N3O3/c1-12-19(13(2)27(26-12)11-14-5-4-6-16(22)9-14)25-20(28)15-7-8-17(30-21(23)24)18(10-15)29-3/h4-10,21H,11H2,1-3H3,(H,25,28). The van der Waals surface area contributed by atoms with Crippen molar-refractivity contribution < 1.29 is 23.0 Å². The summed E-state index contributed by atoms with van der Waals surface area (Å²) >= 11 is 6.04. The maximum absolute atomic E-state index is 12.7. The summed E-state index contributed by atoms with van der Waals surface area (Å²) in [5, 5.41) is 7.96. The molecule has 1 amide bonds. The van der Waals surface area contributed by atoms with E-state index in [1.165, 1.54) is 25.3 Å². The third kappa shape index (κ3) is 4.88. The molecule has 0 saturated carbocycles. The van der Waals surface area contributed by atoms with Crippen molar-refractivity contribution in [1.29, 1.82) is 0 Å². The summed E-state index contributed by atoms with van der Waals surface area (Å²) in [6, 6.07) is 11.4. The topological polar surface area (TPSA) is 65.4 Å². The molecule has 0 aliphatic rings. The number of nitrogens with one attached hydrogen (secondary N) is 1. The van der Waals surface area contributed by atoms with Crippen LogP contribution in [0, 0.1) is 13.8 Å². The molecule has 0 radical (unpaired) electrons. The van der Waals surface area contributed by atoms with Crippen molar-refractivity contribution >= 4 is 23.2 Å². The summed E-state index contributed by atoms with van der Waals surface area (Å²) in [5.41, 5.74) is 3.20. The Bertz CT molecular complexity index is 1070. The molecule has 0 bridgehead atoms. The predicted molar refractivity (Wildman–Crippen MR) is 110 cm³/mol. The second kappa shape index (κ2) is 9.13. The van der Waals surface area contributed by atoms with Gasteiger partial charge >= 0.3 is 6.61 Å². The van der Waals surface area contributed by atoms with Crippen molar-refractivity contribution in [3.63, 3.8) is 0 Å². The maximum Gasteiger partial charge on any atom is 0.387 e. The van der Waals surface area contributed by atoms with Crippen LogP contribution in [0.25, 0.3) is 0 Å². The van der Waals surface area contributed by atoms with Crippen molar-refractivity contribution in [1.82, 2.24) is 9.78 Å². The predicted octanol–water partition coefficient (Wildman–Crippen LogP) is 5.06. The van der Waals surface area contributed by atoms with E-state index < -0.39 is 12.5 Å². The Morgan fingerprint density at radius 2 is 1.97 bits per heavy atom. The number of rotatable bonds is 7. The highest BCUT2D eigenvalue weighted by atomic mass is 35.5. The molecule has 1 aromatic heterocycles. The van der Waals surface area contributed by atoms with Crippen LogP contribution >= 0.6 is 11.6 Å². The minimum Gasteiger partial charge on any atom is -0.493 e. The first-order chi connectivity index (χ1) is 14.3. The number of hydrogen-bond acceptors (Lipinski definition) is 4. The number of hydrogen-bond donors (Lipinski definition) is 1. The van der Waals surface area contributed by atoms with Crippen LogP contribution in [0.4, 0.5) is 14.5 Å². The smallest absolute Gasteiger partial charge is 0.387 e. The largest absolute Gasteiger partial charge is 0.493 e. The highest BCUT2D eigenvalue weighted by Crippen LogP contribution is 2.30. The molecule has 0 spiro atoms. The van der Waals surface area contributed by atoms with Gasteiger partial charge in [0.25, 0.3) is 5.91 Å². The first-order valence-corrected chi connectivity index (χ1v) is 9.39. The fourth-order valence-electron chi connectivity index (χ4n) is 3.03. The number of nitrogens with zero attached hydrogens (tertiary/aromatic N) is 2. The maximum atomic E-state index is 12.7. The molecule has 0 aliphatic carbocycles. The van der Waals surface area contributed by atoms with Gasteiger partial charge in [0.2, 0.25) is 0 Å². The van der Waals surface area contributed by atoms with Gasteiger partial charge in [-0.05, 0) is 49.7 Å². The van der Waals surface area contributed by atoms with Gasteiger partial charge in [-0.15, -0.1) is 0 Å². The lowest BCUT2D eigenvalue weighted by Gasteiger charge is -2.12. The van der Waals surface area contributed by atoms with Gasteiger partial charge in [0.15, 0.2) is 11.5 Å². The molecule has 6 nitrogen and oxygen atoms in total. The molecule has 0 aliphatic heterocycles. The van der Waals surface area contributed by atoms with Crippen LogP contribution in [0.3, 0.4) is 0 Å². The zero-order valence-corrected chi connectivity index (χ0v) is 17.3. The average molecular weight is 436 g/mol. The number of carbonyl (C=O) groups excluding carboxylic acids is 1. The van der Waals surface area contributed by atoms with Crippen LogP contribution in [-0.4, -0.2) is 29.4 Å². The summed E-state index contributed by atoms with van der Waals surface area (Å²) in [5.74, 6) is -0.538. The monoisotopic (exact) mass is 435 g/mol. The zero-order valence-electron chi connectivity index (χ0n) is 16.6. The molecule has 158 valence electrons. The highest BCUT2D eigenvalue weighted by molar-refractivity contribution is 6.30. The van der Waals surface area contributed by atoms with Crippen molar-refractivity contribution in [2.75, 3.05) is 12.4 Å². The number of aryl methyl sites for hydroxylation is 1. The minimum atomic E-state index is -2.99. The molecule has 1 N–H and O–H groups in total. The number of methoxy groups -OCH3 is 1. The summed E-state index contributed by atoms with van der Waals surface area (Å²) < 4.78 is 36.2. The highest BCUT2D eigenvalue weighted by Gasteiger charge is 2.18. The van der Waals surface area contributed by atoms with Gasteiger partial charge in [0.1, 0.15) is 0 Å². The molecule has 30 heavy (non-hydrogen) atoms. The van der Waals surface area contributed by atoms with E-state index in [9.17, 15) is 13.6 Å². The second-order valence-corrected chi connectivity index (χ2v) is 6.97. The molecule has 0 atom stereocenters. The third-order valence-electron chi connectivity index (χ3n) is 4.48. The molecule has 0 unspecified atom stereocenters. The lowest BCUT2D eigenvalue weighted by molar-refractivity contribution is -0.0512. The van der Waals surface area contributed by atoms with Crippen molar-refractivity contribution in [3.05, 3.63) is 70.0 Å². The molecular formula is C21H20ClF2N3O3. The van der Waals surface area contributed by atoms with Crippen molar-refractivity contribution in [2.45, 2.75) is 27.0 Å². The fraction of sp³-hybridized carbons (Fsp3) is 0.238. The lowest BCUT2D eigenvalue weighted by atomic mass is 10.1. The fourth-order valence-corrected chi connectivity index (χ4v) is 3.24. The third-order valence-corrected chi connectivity index (χ3v) is 4.72. The molecular weight excluding hydrogens is 416 g/mol. The normalized spacial score (nSPS) is 10.9. The summed E-state index contributed by atoms with van der Waals surface area (Å²) in [7, 11) is 1.31. The van der Waals surface area contributed by atoms with Gasteiger partial charge in [-0.3, -0.25) is 9.48 Å². The Morgan fingerprint density at radius 1 is 1.20 bits per heavy atom. The number of halogens is 3. The molecule has 2 aromatic carbocycles. The second-order valence-electron chi connectivity index (χ2n) is 6.53. The van der Waals surface area contributed by atoms with Crippen LogP contribution < -0.4 is 14.8 Å². The summed E-state index contributed by atoms with van der Waals surface area (Å²) in [6.45, 7) is 1.14. The van der Waals surface area contributed by atoms with E-state index in [1.807, 2.05) is 25.1 Å².